The SMILES string of the molecule is Cc1nn(CCC(=O)O/N=C(\N)c2cccs2)c(C)c1Cl. The number of hydrogen-bond acceptors (Lipinski definition) is 5. The van der Waals surface area contributed by atoms with E-state index in [0.717, 1.165) is 16.3 Å². The lowest BCUT2D eigenvalue weighted by molar-refractivity contribution is -0.144. The van der Waals surface area contributed by atoms with Crippen molar-refractivity contribution in [2.45, 2.75) is 26.8 Å². The number of aromatic nitrogens is 2. The van der Waals surface area contributed by atoms with E-state index < -0.39 is 5.97 Å². The van der Waals surface area contributed by atoms with Gasteiger partial charge in [0, 0.05) is 0 Å². The van der Waals surface area contributed by atoms with Crippen molar-refractivity contribution in [2.24, 2.45) is 10.9 Å². The highest BCUT2D eigenvalue weighted by atomic mass is 35.5. The lowest BCUT2D eigenvalue weighted by atomic mass is 10.4. The van der Waals surface area contributed by atoms with Crippen molar-refractivity contribution in [1.29, 1.82) is 0 Å². The molecule has 2 rings (SSSR count). The monoisotopic (exact) mass is 326 g/mol. The molecule has 2 heterocycles. The van der Waals surface area contributed by atoms with Crippen LogP contribution in [-0.2, 0) is 16.2 Å². The fourth-order valence-electron chi connectivity index (χ4n) is 1.70. The third-order valence-electron chi connectivity index (χ3n) is 2.84. The summed E-state index contributed by atoms with van der Waals surface area (Å²) < 4.78 is 1.67. The molecule has 0 aliphatic rings. The van der Waals surface area contributed by atoms with Crippen LogP contribution < -0.4 is 5.73 Å². The Morgan fingerprint density at radius 3 is 2.90 bits per heavy atom. The molecule has 112 valence electrons. The van der Waals surface area contributed by atoms with Crippen LogP contribution in [0.15, 0.2) is 22.7 Å². The topological polar surface area (TPSA) is 82.5 Å². The zero-order valence-electron chi connectivity index (χ0n) is 11.7. The standard InChI is InChI=1S/C13H15ClN4O2S/c1-8-12(14)9(2)18(16-8)6-5-11(19)20-17-13(15)10-4-3-7-21-10/h3-4,7H,5-6H2,1-2H3,(H2,15,17). The van der Waals surface area contributed by atoms with Crippen LogP contribution in [0, 0.1) is 13.8 Å². The van der Waals surface area contributed by atoms with Crippen molar-refractivity contribution in [1.82, 2.24) is 9.78 Å². The van der Waals surface area contributed by atoms with E-state index in [9.17, 15) is 4.79 Å². The summed E-state index contributed by atoms with van der Waals surface area (Å²) >= 11 is 7.46. The third-order valence-corrected chi connectivity index (χ3v) is 4.28. The number of amidine groups is 1. The maximum absolute atomic E-state index is 11.6. The number of halogens is 1. The Morgan fingerprint density at radius 1 is 1.57 bits per heavy atom. The largest absolute Gasteiger partial charge is 0.380 e. The average Bonchev–Trinajstić information content (AvgIpc) is 3.08. The highest BCUT2D eigenvalue weighted by Gasteiger charge is 2.11. The van der Waals surface area contributed by atoms with Gasteiger partial charge in [-0.1, -0.05) is 22.8 Å². The predicted octanol–water partition coefficient (Wildman–Crippen LogP) is 2.47. The summed E-state index contributed by atoms with van der Waals surface area (Å²) in [4.78, 5) is 17.2. The Balaban J connectivity index is 1.88. The van der Waals surface area contributed by atoms with Gasteiger partial charge in [-0.05, 0) is 25.3 Å². The average molecular weight is 327 g/mol. The first-order chi connectivity index (χ1) is 9.99. The molecule has 0 amide bonds. The molecule has 2 N–H and O–H groups in total. The second kappa shape index (κ2) is 6.73. The molecule has 0 aliphatic carbocycles. The van der Waals surface area contributed by atoms with Crippen molar-refractivity contribution < 1.29 is 9.63 Å². The van der Waals surface area contributed by atoms with E-state index >= 15 is 0 Å². The maximum Gasteiger partial charge on any atom is 0.336 e. The van der Waals surface area contributed by atoms with Gasteiger partial charge in [0.15, 0.2) is 5.84 Å². The second-order valence-corrected chi connectivity index (χ2v) is 5.70. The van der Waals surface area contributed by atoms with Crippen molar-refractivity contribution in [3.05, 3.63) is 38.8 Å². The number of hydrogen-bond donors (Lipinski definition) is 1. The van der Waals surface area contributed by atoms with E-state index in [2.05, 4.69) is 10.3 Å². The molecule has 0 atom stereocenters. The Labute approximate surface area is 131 Å². The number of nitrogens with two attached hydrogens (primary N) is 1. The van der Waals surface area contributed by atoms with Crippen molar-refractivity contribution in [3.8, 4) is 0 Å². The Hall–Kier alpha value is -1.86. The number of rotatable bonds is 5. The number of oxime groups is 1. The first kappa shape index (κ1) is 15.5. The van der Waals surface area contributed by atoms with E-state index in [1.54, 1.807) is 10.7 Å². The highest BCUT2D eigenvalue weighted by Crippen LogP contribution is 2.19. The number of carbonyl (C=O) groups is 1. The molecule has 0 spiro atoms. The molecule has 0 bridgehead atoms. The maximum atomic E-state index is 11.6. The van der Waals surface area contributed by atoms with Crippen molar-refractivity contribution in [2.75, 3.05) is 0 Å². The summed E-state index contributed by atoms with van der Waals surface area (Å²) in [5, 5.41) is 10.3. The van der Waals surface area contributed by atoms with E-state index in [0.29, 0.717) is 11.6 Å². The summed E-state index contributed by atoms with van der Waals surface area (Å²) in [7, 11) is 0. The van der Waals surface area contributed by atoms with Crippen LogP contribution >= 0.6 is 22.9 Å². The lowest BCUT2D eigenvalue weighted by Crippen LogP contribution is -2.15. The van der Waals surface area contributed by atoms with Gasteiger partial charge in [-0.2, -0.15) is 5.10 Å². The van der Waals surface area contributed by atoms with E-state index in [1.165, 1.54) is 11.3 Å². The first-order valence-corrected chi connectivity index (χ1v) is 7.51. The Bertz CT molecular complexity index is 664. The van der Waals surface area contributed by atoms with Crippen LogP contribution in [-0.4, -0.2) is 21.6 Å². The fourth-order valence-corrected chi connectivity index (χ4v) is 2.46. The van der Waals surface area contributed by atoms with Crippen LogP contribution in [0.4, 0.5) is 0 Å². The first-order valence-electron chi connectivity index (χ1n) is 6.25. The molecular weight excluding hydrogens is 312 g/mol. The molecule has 21 heavy (non-hydrogen) atoms. The van der Waals surface area contributed by atoms with Gasteiger partial charge in [-0.15, -0.1) is 11.3 Å². The zero-order chi connectivity index (χ0) is 15.4. The number of carbonyl (C=O) groups excluding carboxylic acids is 1. The zero-order valence-corrected chi connectivity index (χ0v) is 13.2. The van der Waals surface area contributed by atoms with Crippen LogP contribution in [0.3, 0.4) is 0 Å². The molecule has 0 saturated carbocycles. The molecule has 0 unspecified atom stereocenters. The van der Waals surface area contributed by atoms with E-state index in [1.807, 2.05) is 25.3 Å². The second-order valence-electron chi connectivity index (χ2n) is 4.38. The van der Waals surface area contributed by atoms with Gasteiger partial charge in [0.1, 0.15) is 0 Å². The lowest BCUT2D eigenvalue weighted by Gasteiger charge is -2.03. The smallest absolute Gasteiger partial charge is 0.336 e. The van der Waals surface area contributed by atoms with Gasteiger partial charge in [0.25, 0.3) is 0 Å². The van der Waals surface area contributed by atoms with E-state index in [4.69, 9.17) is 22.2 Å². The summed E-state index contributed by atoms with van der Waals surface area (Å²) in [6.07, 6.45) is 0.138. The molecule has 0 fully saturated rings. The van der Waals surface area contributed by atoms with Gasteiger partial charge < -0.3 is 10.6 Å². The highest BCUT2D eigenvalue weighted by molar-refractivity contribution is 7.12. The van der Waals surface area contributed by atoms with Gasteiger partial charge in [0.05, 0.1) is 34.3 Å². The molecule has 2 aromatic rings. The molecule has 0 saturated heterocycles. The number of thiophene rings is 1. The van der Waals surface area contributed by atoms with Crippen LogP contribution in [0.2, 0.25) is 5.02 Å². The minimum atomic E-state index is -0.474. The minimum absolute atomic E-state index is 0.138. The molecular formula is C13H15ClN4O2S. The summed E-state index contributed by atoms with van der Waals surface area (Å²) in [6, 6.07) is 3.64. The summed E-state index contributed by atoms with van der Waals surface area (Å²) in [5.74, 6) is -0.286. The number of nitrogens with zero attached hydrogens (tertiary/aromatic N) is 3. The fraction of sp³-hybridized carbons (Fsp3) is 0.308. The van der Waals surface area contributed by atoms with Crippen LogP contribution in [0.1, 0.15) is 22.7 Å². The third kappa shape index (κ3) is 3.83. The van der Waals surface area contributed by atoms with Crippen LogP contribution in [0.5, 0.6) is 0 Å². The normalized spacial score (nSPS) is 11.7. The Kier molecular flexibility index (Phi) is 4.98. The van der Waals surface area contributed by atoms with Crippen molar-refractivity contribution in [3.63, 3.8) is 0 Å². The summed E-state index contributed by atoms with van der Waals surface area (Å²) in [5.41, 5.74) is 7.25. The van der Waals surface area contributed by atoms with Gasteiger partial charge in [-0.25, -0.2) is 4.79 Å². The molecule has 2 aromatic heterocycles. The molecule has 0 aliphatic heterocycles. The molecule has 0 radical (unpaired) electrons. The van der Waals surface area contributed by atoms with E-state index in [-0.39, 0.29) is 12.3 Å². The van der Waals surface area contributed by atoms with Crippen LogP contribution in [0.25, 0.3) is 0 Å². The minimum Gasteiger partial charge on any atom is -0.380 e. The molecule has 8 heteroatoms. The molecule has 0 aromatic carbocycles. The van der Waals surface area contributed by atoms with Crippen molar-refractivity contribution >= 4 is 34.7 Å². The van der Waals surface area contributed by atoms with Gasteiger partial charge in [-0.3, -0.25) is 4.68 Å². The molecule has 6 nitrogen and oxygen atoms in total. The summed E-state index contributed by atoms with van der Waals surface area (Å²) in [6.45, 7) is 4.05. The predicted molar refractivity (Wildman–Crippen MR) is 82.5 cm³/mol. The van der Waals surface area contributed by atoms with Gasteiger partial charge >= 0.3 is 5.97 Å². The number of aryl methyl sites for hydroxylation is 2. The van der Waals surface area contributed by atoms with Gasteiger partial charge in [0.2, 0.25) is 0 Å². The Morgan fingerprint density at radius 2 is 2.33 bits per heavy atom. The quantitative estimate of drug-likeness (QED) is 0.396.